The molecule has 0 radical (unpaired) electrons. The van der Waals surface area contributed by atoms with E-state index < -0.39 is 0 Å². The Kier molecular flexibility index (Phi) is 7.01. The van der Waals surface area contributed by atoms with Crippen molar-refractivity contribution < 1.29 is 4.74 Å². The number of rotatable bonds is 6. The Morgan fingerprint density at radius 2 is 2.19 bits per heavy atom. The summed E-state index contributed by atoms with van der Waals surface area (Å²) in [6.45, 7) is 8.91. The van der Waals surface area contributed by atoms with Gasteiger partial charge in [0.1, 0.15) is 0 Å². The maximum Gasteiger partial charge on any atom is 0.0589 e. The van der Waals surface area contributed by atoms with Gasteiger partial charge in [0.25, 0.3) is 0 Å². The van der Waals surface area contributed by atoms with Crippen molar-refractivity contribution in [2.75, 3.05) is 33.4 Å². The molecule has 0 bridgehead atoms. The van der Waals surface area contributed by atoms with E-state index in [1.807, 2.05) is 0 Å². The lowest BCUT2D eigenvalue weighted by molar-refractivity contribution is 0.0823. The van der Waals surface area contributed by atoms with Crippen LogP contribution in [-0.4, -0.2) is 50.3 Å². The fraction of sp³-hybridized carbons (Fsp3) is 1.00. The van der Waals surface area contributed by atoms with Crippen molar-refractivity contribution in [1.82, 2.24) is 10.2 Å². The molecule has 0 aromatic heterocycles. The van der Waals surface area contributed by atoms with Crippen LogP contribution in [0.2, 0.25) is 0 Å². The van der Waals surface area contributed by atoms with Gasteiger partial charge in [-0.3, -0.25) is 4.90 Å². The summed E-state index contributed by atoms with van der Waals surface area (Å²) in [7, 11) is 1.80. The van der Waals surface area contributed by atoms with Gasteiger partial charge in [-0.15, -0.1) is 0 Å². The lowest BCUT2D eigenvalue weighted by Gasteiger charge is -2.35. The van der Waals surface area contributed by atoms with Gasteiger partial charge in [0.15, 0.2) is 0 Å². The minimum Gasteiger partial charge on any atom is -0.383 e. The minimum absolute atomic E-state index is 0.679. The molecule has 2 atom stereocenters. The molecule has 3 nitrogen and oxygen atoms in total. The summed E-state index contributed by atoms with van der Waals surface area (Å²) in [6.07, 6.45) is 5.16. The van der Waals surface area contributed by atoms with Crippen LogP contribution < -0.4 is 5.32 Å². The van der Waals surface area contributed by atoms with Gasteiger partial charge >= 0.3 is 0 Å². The minimum atomic E-state index is 0.679. The summed E-state index contributed by atoms with van der Waals surface area (Å²) in [5, 5.41) is 3.49. The molecule has 0 spiro atoms. The molecule has 0 aromatic carbocycles. The van der Waals surface area contributed by atoms with Gasteiger partial charge in [-0.25, -0.2) is 0 Å². The molecule has 0 aromatic rings. The van der Waals surface area contributed by atoms with Crippen molar-refractivity contribution in [3.63, 3.8) is 0 Å². The van der Waals surface area contributed by atoms with Gasteiger partial charge in [0, 0.05) is 25.7 Å². The van der Waals surface area contributed by atoms with Gasteiger partial charge in [0.05, 0.1) is 6.61 Å². The molecule has 1 rings (SSSR count). The highest BCUT2D eigenvalue weighted by atomic mass is 16.5. The van der Waals surface area contributed by atoms with E-state index in [-0.39, 0.29) is 0 Å². The first-order valence-corrected chi connectivity index (χ1v) is 6.75. The van der Waals surface area contributed by atoms with E-state index in [1.165, 1.54) is 38.8 Å². The first-order valence-electron chi connectivity index (χ1n) is 6.75. The van der Waals surface area contributed by atoms with Crippen molar-refractivity contribution in [2.24, 2.45) is 0 Å². The molecule has 16 heavy (non-hydrogen) atoms. The summed E-state index contributed by atoms with van der Waals surface area (Å²) in [5.74, 6) is 0. The van der Waals surface area contributed by atoms with Crippen LogP contribution in [0.5, 0.6) is 0 Å². The van der Waals surface area contributed by atoms with Crippen molar-refractivity contribution in [1.29, 1.82) is 0 Å². The standard InChI is InChI=1S/C13H28N2O/c1-4-12(2)15(10-11-16-3)13-6-5-8-14-9-7-13/h12-14H,4-11H2,1-3H3. The molecule has 1 aliphatic rings. The molecule has 1 saturated heterocycles. The second kappa shape index (κ2) is 8.04. The van der Waals surface area contributed by atoms with Crippen molar-refractivity contribution in [3.8, 4) is 0 Å². The Morgan fingerprint density at radius 3 is 2.88 bits per heavy atom. The van der Waals surface area contributed by atoms with E-state index in [4.69, 9.17) is 4.74 Å². The largest absolute Gasteiger partial charge is 0.383 e. The fourth-order valence-corrected chi connectivity index (χ4v) is 2.53. The average molecular weight is 228 g/mol. The van der Waals surface area contributed by atoms with Gasteiger partial charge < -0.3 is 10.1 Å². The monoisotopic (exact) mass is 228 g/mol. The number of methoxy groups -OCH3 is 1. The van der Waals surface area contributed by atoms with E-state index in [0.29, 0.717) is 6.04 Å². The summed E-state index contributed by atoms with van der Waals surface area (Å²) >= 11 is 0. The normalized spacial score (nSPS) is 24.4. The van der Waals surface area contributed by atoms with Crippen LogP contribution in [0.25, 0.3) is 0 Å². The number of hydrogen-bond donors (Lipinski definition) is 1. The van der Waals surface area contributed by atoms with E-state index in [0.717, 1.165) is 19.2 Å². The number of hydrogen-bond acceptors (Lipinski definition) is 3. The molecule has 1 N–H and O–H groups in total. The molecule has 3 heteroatoms. The molecule has 0 saturated carbocycles. The zero-order valence-corrected chi connectivity index (χ0v) is 11.2. The predicted molar refractivity (Wildman–Crippen MR) is 68.8 cm³/mol. The smallest absolute Gasteiger partial charge is 0.0589 e. The Morgan fingerprint density at radius 1 is 1.38 bits per heavy atom. The lowest BCUT2D eigenvalue weighted by atomic mass is 10.0. The molecule has 96 valence electrons. The highest BCUT2D eigenvalue weighted by Gasteiger charge is 2.22. The Bertz CT molecular complexity index is 167. The van der Waals surface area contributed by atoms with Crippen LogP contribution in [0.3, 0.4) is 0 Å². The van der Waals surface area contributed by atoms with E-state index >= 15 is 0 Å². The third kappa shape index (κ3) is 4.40. The zero-order valence-electron chi connectivity index (χ0n) is 11.2. The van der Waals surface area contributed by atoms with Gasteiger partial charge in [-0.05, 0) is 45.7 Å². The first-order chi connectivity index (χ1) is 7.79. The van der Waals surface area contributed by atoms with Crippen molar-refractivity contribution in [3.05, 3.63) is 0 Å². The van der Waals surface area contributed by atoms with Crippen LogP contribution in [0, 0.1) is 0 Å². The SMILES string of the molecule is CCC(C)N(CCOC)C1CCCNCC1. The fourth-order valence-electron chi connectivity index (χ4n) is 2.53. The van der Waals surface area contributed by atoms with Crippen LogP contribution >= 0.6 is 0 Å². The topological polar surface area (TPSA) is 24.5 Å². The highest BCUT2D eigenvalue weighted by Crippen LogP contribution is 2.17. The van der Waals surface area contributed by atoms with Crippen molar-refractivity contribution in [2.45, 2.75) is 51.6 Å². The molecule has 1 fully saturated rings. The summed E-state index contributed by atoms with van der Waals surface area (Å²) in [5.41, 5.74) is 0. The molecule has 0 aliphatic carbocycles. The molecule has 2 unspecified atom stereocenters. The van der Waals surface area contributed by atoms with Crippen LogP contribution in [-0.2, 0) is 4.74 Å². The van der Waals surface area contributed by atoms with Crippen LogP contribution in [0.4, 0.5) is 0 Å². The molecule has 1 heterocycles. The summed E-state index contributed by atoms with van der Waals surface area (Å²) < 4.78 is 5.23. The number of ether oxygens (including phenoxy) is 1. The Hall–Kier alpha value is -0.120. The zero-order chi connectivity index (χ0) is 11.8. The predicted octanol–water partition coefficient (Wildman–Crippen LogP) is 1.88. The van der Waals surface area contributed by atoms with E-state index in [9.17, 15) is 0 Å². The molecule has 0 amide bonds. The first kappa shape index (κ1) is 13.9. The second-order valence-electron chi connectivity index (χ2n) is 4.82. The summed E-state index contributed by atoms with van der Waals surface area (Å²) in [6, 6.07) is 1.43. The Balaban J connectivity index is 2.50. The molecular weight excluding hydrogens is 200 g/mol. The van der Waals surface area contributed by atoms with Crippen LogP contribution in [0.1, 0.15) is 39.5 Å². The third-order valence-electron chi connectivity index (χ3n) is 3.72. The second-order valence-corrected chi connectivity index (χ2v) is 4.82. The Labute approximate surface area is 101 Å². The van der Waals surface area contributed by atoms with Crippen LogP contribution in [0.15, 0.2) is 0 Å². The molecular formula is C13H28N2O. The summed E-state index contributed by atoms with van der Waals surface area (Å²) in [4.78, 5) is 2.65. The van der Waals surface area contributed by atoms with E-state index in [1.54, 1.807) is 7.11 Å². The molecule has 1 aliphatic heterocycles. The maximum absolute atomic E-state index is 5.23. The third-order valence-corrected chi connectivity index (χ3v) is 3.72. The highest BCUT2D eigenvalue weighted by molar-refractivity contribution is 4.79. The van der Waals surface area contributed by atoms with Gasteiger partial charge in [0.2, 0.25) is 0 Å². The quantitative estimate of drug-likeness (QED) is 0.751. The maximum atomic E-state index is 5.23. The number of nitrogens with one attached hydrogen (secondary N) is 1. The van der Waals surface area contributed by atoms with Crippen molar-refractivity contribution >= 4 is 0 Å². The van der Waals surface area contributed by atoms with E-state index in [2.05, 4.69) is 24.1 Å². The van der Waals surface area contributed by atoms with Gasteiger partial charge in [-0.1, -0.05) is 6.92 Å². The number of nitrogens with zero attached hydrogens (tertiary/aromatic N) is 1. The average Bonchev–Trinajstić information content (AvgIpc) is 2.58. The van der Waals surface area contributed by atoms with Gasteiger partial charge in [-0.2, -0.15) is 0 Å². The lowest BCUT2D eigenvalue weighted by Crippen LogP contribution is -2.43.